The molecule has 1 aromatic rings. The van der Waals surface area contributed by atoms with Crippen molar-refractivity contribution in [2.24, 2.45) is 0 Å². The Bertz CT molecular complexity index is 929. The number of fused-ring (bicyclic) bond motifs is 2. The highest BCUT2D eigenvalue weighted by Gasteiger charge is 2.42. The van der Waals surface area contributed by atoms with Crippen LogP contribution in [0.3, 0.4) is 0 Å². The Kier molecular flexibility index (Phi) is 5.61. The number of nitrogens with zero attached hydrogens (tertiary/aromatic N) is 2. The highest BCUT2D eigenvalue weighted by molar-refractivity contribution is 7.90. The van der Waals surface area contributed by atoms with Crippen molar-refractivity contribution in [1.82, 2.24) is 9.62 Å². The van der Waals surface area contributed by atoms with Gasteiger partial charge in [-0.15, -0.1) is 0 Å². The number of hydrogen-bond acceptors (Lipinski definition) is 5. The minimum atomic E-state index is -3.98. The number of carbonyl (C=O) groups is 1. The summed E-state index contributed by atoms with van der Waals surface area (Å²) in [5.74, 6) is -0.488. The van der Waals surface area contributed by atoms with Crippen molar-refractivity contribution in [2.75, 3.05) is 31.3 Å². The summed E-state index contributed by atoms with van der Waals surface area (Å²) in [7, 11) is -0.431. The zero-order chi connectivity index (χ0) is 21.7. The zero-order valence-electron chi connectivity index (χ0n) is 18.2. The molecule has 8 heteroatoms. The third kappa shape index (κ3) is 3.74. The quantitative estimate of drug-likeness (QED) is 0.738. The Hall–Kier alpha value is -1.64. The fraction of sp³-hybridized carbons (Fsp3) is 0.682. The second-order valence-electron chi connectivity index (χ2n) is 9.35. The molecule has 0 spiro atoms. The van der Waals surface area contributed by atoms with E-state index in [4.69, 9.17) is 0 Å². The standard InChI is InChI=1S/C22H33N3O4S/c1-22(11-6-12-24(22)2)19(26)14-30(28,29)23-21(27)25(3)20-17-9-4-7-15(17)13-16-8-5-10-18(16)20/h13,19,26H,4-12,14H2,1-3H3,(H,23,27)/t19-,22-/m1/s1. The number of likely N-dealkylation sites (tertiary alicyclic amines) is 1. The van der Waals surface area contributed by atoms with Crippen LogP contribution in [-0.4, -0.2) is 62.5 Å². The van der Waals surface area contributed by atoms with Gasteiger partial charge in [-0.05, 0) is 94.1 Å². The molecule has 2 N–H and O–H groups in total. The first kappa shape index (κ1) is 21.6. The third-order valence-electron chi connectivity index (χ3n) is 7.47. The maximum atomic E-state index is 12.9. The number of amides is 2. The van der Waals surface area contributed by atoms with Crippen LogP contribution < -0.4 is 9.62 Å². The van der Waals surface area contributed by atoms with Gasteiger partial charge in [0.25, 0.3) is 0 Å². The lowest BCUT2D eigenvalue weighted by Gasteiger charge is -2.36. The van der Waals surface area contributed by atoms with Crippen molar-refractivity contribution < 1.29 is 18.3 Å². The highest BCUT2D eigenvalue weighted by atomic mass is 32.2. The van der Waals surface area contributed by atoms with Crippen LogP contribution in [-0.2, 0) is 35.7 Å². The molecule has 4 rings (SSSR count). The van der Waals surface area contributed by atoms with E-state index >= 15 is 0 Å². The molecule has 30 heavy (non-hydrogen) atoms. The van der Waals surface area contributed by atoms with Crippen LogP contribution >= 0.6 is 0 Å². The van der Waals surface area contributed by atoms with Crippen molar-refractivity contribution >= 4 is 21.7 Å². The molecular weight excluding hydrogens is 402 g/mol. The molecule has 2 atom stereocenters. The average molecular weight is 436 g/mol. The van der Waals surface area contributed by atoms with E-state index in [1.807, 2.05) is 18.9 Å². The van der Waals surface area contributed by atoms with E-state index in [0.717, 1.165) is 63.6 Å². The lowest BCUT2D eigenvalue weighted by atomic mass is 9.93. The summed E-state index contributed by atoms with van der Waals surface area (Å²) >= 11 is 0. The number of aliphatic hydroxyl groups excluding tert-OH is 1. The first-order valence-corrected chi connectivity index (χ1v) is 12.6. The molecule has 0 saturated carbocycles. The molecule has 7 nitrogen and oxygen atoms in total. The van der Waals surface area contributed by atoms with Crippen LogP contribution in [0.4, 0.5) is 10.5 Å². The highest BCUT2D eigenvalue weighted by Crippen LogP contribution is 2.40. The molecule has 2 amide bonds. The van der Waals surface area contributed by atoms with Crippen LogP contribution in [0.25, 0.3) is 0 Å². The molecule has 0 radical (unpaired) electrons. The SMILES string of the molecule is CN(C(=O)NS(=O)(=O)C[C@@H](O)[C@@]1(C)CCCN1C)c1c2c(cc3c1CCC3)CCC2. The van der Waals surface area contributed by atoms with E-state index in [1.54, 1.807) is 7.05 Å². The molecule has 166 valence electrons. The second kappa shape index (κ2) is 7.80. The first-order chi connectivity index (χ1) is 14.1. The normalized spacial score (nSPS) is 24.5. The molecule has 1 aromatic carbocycles. The summed E-state index contributed by atoms with van der Waals surface area (Å²) in [6.45, 7) is 2.71. The predicted molar refractivity (Wildman–Crippen MR) is 117 cm³/mol. The van der Waals surface area contributed by atoms with Crippen molar-refractivity contribution in [3.05, 3.63) is 28.3 Å². The summed E-state index contributed by atoms with van der Waals surface area (Å²) in [5, 5.41) is 10.7. The largest absolute Gasteiger partial charge is 0.390 e. The Balaban J connectivity index is 1.52. The van der Waals surface area contributed by atoms with E-state index in [2.05, 4.69) is 10.8 Å². The number of likely N-dealkylation sites (N-methyl/N-ethyl adjacent to an activating group) is 1. The Morgan fingerprint density at radius 1 is 1.20 bits per heavy atom. The van der Waals surface area contributed by atoms with Crippen molar-refractivity contribution in [1.29, 1.82) is 0 Å². The molecule has 3 aliphatic rings. The monoisotopic (exact) mass is 435 g/mol. The number of carbonyl (C=O) groups excluding carboxylic acids is 1. The van der Waals surface area contributed by atoms with E-state index in [-0.39, 0.29) is 0 Å². The van der Waals surface area contributed by atoms with E-state index in [1.165, 1.54) is 27.2 Å². The molecule has 2 aliphatic carbocycles. The van der Waals surface area contributed by atoms with Crippen LogP contribution in [0.15, 0.2) is 6.07 Å². The summed E-state index contributed by atoms with van der Waals surface area (Å²) in [6.07, 6.45) is 6.60. The van der Waals surface area contributed by atoms with Gasteiger partial charge >= 0.3 is 6.03 Å². The van der Waals surface area contributed by atoms with Gasteiger partial charge < -0.3 is 5.11 Å². The van der Waals surface area contributed by atoms with Gasteiger partial charge in [-0.25, -0.2) is 17.9 Å². The van der Waals surface area contributed by atoms with Gasteiger partial charge in [0.2, 0.25) is 10.0 Å². The molecule has 1 saturated heterocycles. The van der Waals surface area contributed by atoms with Gasteiger partial charge in [-0.1, -0.05) is 6.07 Å². The molecule has 1 heterocycles. The number of hydrogen-bond donors (Lipinski definition) is 2. The summed E-state index contributed by atoms with van der Waals surface area (Å²) in [6, 6.07) is 1.63. The number of urea groups is 1. The number of nitrogens with one attached hydrogen (secondary N) is 1. The topological polar surface area (TPSA) is 90.0 Å². The second-order valence-corrected chi connectivity index (χ2v) is 11.1. The molecule has 0 bridgehead atoms. The molecule has 0 aromatic heterocycles. The number of aryl methyl sites for hydroxylation is 2. The maximum Gasteiger partial charge on any atom is 0.335 e. The molecule has 1 aliphatic heterocycles. The van der Waals surface area contributed by atoms with Gasteiger partial charge in [0, 0.05) is 12.6 Å². The summed E-state index contributed by atoms with van der Waals surface area (Å²) in [4.78, 5) is 16.4. The third-order valence-corrected chi connectivity index (χ3v) is 8.71. The molecule has 0 unspecified atom stereocenters. The molecular formula is C22H33N3O4S. The fourth-order valence-corrected chi connectivity index (χ4v) is 6.73. The minimum absolute atomic E-state index is 0.488. The zero-order valence-corrected chi connectivity index (χ0v) is 19.0. The van der Waals surface area contributed by atoms with Crippen LogP contribution in [0.1, 0.15) is 54.9 Å². The van der Waals surface area contributed by atoms with Crippen LogP contribution in [0.5, 0.6) is 0 Å². The Morgan fingerprint density at radius 3 is 2.33 bits per heavy atom. The summed E-state index contributed by atoms with van der Waals surface area (Å²) < 4.78 is 27.7. The van der Waals surface area contributed by atoms with E-state index < -0.39 is 33.5 Å². The van der Waals surface area contributed by atoms with Crippen LogP contribution in [0.2, 0.25) is 0 Å². The minimum Gasteiger partial charge on any atom is -0.390 e. The van der Waals surface area contributed by atoms with Crippen molar-refractivity contribution in [2.45, 2.75) is 69.9 Å². The van der Waals surface area contributed by atoms with Crippen LogP contribution in [0, 0.1) is 0 Å². The van der Waals surface area contributed by atoms with Gasteiger partial charge in [0.1, 0.15) is 0 Å². The number of aliphatic hydroxyl groups is 1. The average Bonchev–Trinajstić information content (AvgIpc) is 3.39. The number of sulfonamides is 1. The van der Waals surface area contributed by atoms with Crippen molar-refractivity contribution in [3.63, 3.8) is 0 Å². The van der Waals surface area contributed by atoms with Crippen molar-refractivity contribution in [3.8, 4) is 0 Å². The first-order valence-electron chi connectivity index (χ1n) is 11.0. The van der Waals surface area contributed by atoms with Gasteiger partial charge in [-0.2, -0.15) is 0 Å². The predicted octanol–water partition coefficient (Wildman–Crippen LogP) is 1.98. The number of rotatable bonds is 5. The number of benzene rings is 1. The Morgan fingerprint density at radius 2 is 1.80 bits per heavy atom. The van der Waals surface area contributed by atoms with E-state index in [0.29, 0.717) is 0 Å². The summed E-state index contributed by atoms with van der Waals surface area (Å²) in [5.41, 5.74) is 5.26. The van der Waals surface area contributed by atoms with Gasteiger partial charge in [0.15, 0.2) is 0 Å². The van der Waals surface area contributed by atoms with E-state index in [9.17, 15) is 18.3 Å². The maximum absolute atomic E-state index is 12.9. The van der Waals surface area contributed by atoms with Gasteiger partial charge in [0.05, 0.1) is 17.5 Å². The smallest absolute Gasteiger partial charge is 0.335 e. The fourth-order valence-electron chi connectivity index (χ4n) is 5.46. The van der Waals surface area contributed by atoms with Gasteiger partial charge in [-0.3, -0.25) is 9.80 Å². The Labute approximate surface area is 179 Å². The number of anilines is 1. The lowest BCUT2D eigenvalue weighted by Crippen LogP contribution is -2.53. The molecule has 1 fully saturated rings. The lowest BCUT2D eigenvalue weighted by molar-refractivity contribution is 0.0320.